The van der Waals surface area contributed by atoms with Gasteiger partial charge >= 0.3 is 0 Å². The summed E-state index contributed by atoms with van der Waals surface area (Å²) >= 11 is 0. The summed E-state index contributed by atoms with van der Waals surface area (Å²) in [7, 11) is 1.66. The Bertz CT molecular complexity index is 592. The van der Waals surface area contributed by atoms with E-state index < -0.39 is 0 Å². The van der Waals surface area contributed by atoms with E-state index >= 15 is 0 Å². The molecule has 0 aliphatic carbocycles. The lowest BCUT2D eigenvalue weighted by Gasteiger charge is -2.27. The van der Waals surface area contributed by atoms with Crippen molar-refractivity contribution in [1.82, 2.24) is 4.90 Å². The van der Waals surface area contributed by atoms with E-state index in [-0.39, 0.29) is 0 Å². The molecule has 0 radical (unpaired) electrons. The fourth-order valence-electron chi connectivity index (χ4n) is 2.50. The first-order chi connectivity index (χ1) is 10.8. The Labute approximate surface area is 131 Å². The maximum atomic E-state index is 6.04. The zero-order valence-corrected chi connectivity index (χ0v) is 12.8. The van der Waals surface area contributed by atoms with Gasteiger partial charge in [0.1, 0.15) is 17.2 Å². The highest BCUT2D eigenvalue weighted by Gasteiger charge is 2.13. The van der Waals surface area contributed by atoms with Crippen molar-refractivity contribution in [1.29, 1.82) is 0 Å². The zero-order valence-electron chi connectivity index (χ0n) is 12.8. The molecule has 0 unspecified atom stereocenters. The molecule has 4 heteroatoms. The van der Waals surface area contributed by atoms with Crippen molar-refractivity contribution in [2.45, 2.75) is 6.54 Å². The van der Waals surface area contributed by atoms with Gasteiger partial charge in [-0.1, -0.05) is 18.2 Å². The van der Waals surface area contributed by atoms with E-state index in [9.17, 15) is 0 Å². The number of benzene rings is 2. The van der Waals surface area contributed by atoms with Gasteiger partial charge in [-0.25, -0.2) is 0 Å². The number of ether oxygens (including phenoxy) is 3. The Morgan fingerprint density at radius 3 is 2.36 bits per heavy atom. The molecule has 116 valence electrons. The number of hydrogen-bond donors (Lipinski definition) is 0. The van der Waals surface area contributed by atoms with Crippen molar-refractivity contribution in [2.24, 2.45) is 0 Å². The Morgan fingerprint density at radius 1 is 0.955 bits per heavy atom. The van der Waals surface area contributed by atoms with E-state index in [1.54, 1.807) is 7.11 Å². The quantitative estimate of drug-likeness (QED) is 0.847. The van der Waals surface area contributed by atoms with Crippen LogP contribution in [0.15, 0.2) is 48.5 Å². The van der Waals surface area contributed by atoms with Gasteiger partial charge < -0.3 is 14.2 Å². The average molecular weight is 299 g/mol. The topological polar surface area (TPSA) is 30.9 Å². The van der Waals surface area contributed by atoms with E-state index in [0.717, 1.165) is 50.1 Å². The first-order valence-corrected chi connectivity index (χ1v) is 7.55. The molecule has 0 atom stereocenters. The smallest absolute Gasteiger partial charge is 0.131 e. The van der Waals surface area contributed by atoms with Gasteiger partial charge in [-0.2, -0.15) is 0 Å². The highest BCUT2D eigenvalue weighted by molar-refractivity contribution is 5.39. The molecule has 3 rings (SSSR count). The Balaban J connectivity index is 1.72. The molecule has 1 fully saturated rings. The normalized spacial score (nSPS) is 15.5. The third kappa shape index (κ3) is 3.78. The molecular formula is C18H21NO3. The summed E-state index contributed by atoms with van der Waals surface area (Å²) in [6, 6.07) is 15.8. The lowest BCUT2D eigenvalue weighted by Crippen LogP contribution is -2.35. The molecule has 0 bridgehead atoms. The molecule has 0 spiro atoms. The molecule has 22 heavy (non-hydrogen) atoms. The molecule has 1 aliphatic heterocycles. The summed E-state index contributed by atoms with van der Waals surface area (Å²) in [4.78, 5) is 2.39. The zero-order chi connectivity index (χ0) is 15.2. The second kappa shape index (κ2) is 7.29. The van der Waals surface area contributed by atoms with E-state index in [1.165, 1.54) is 5.56 Å². The molecule has 0 N–H and O–H groups in total. The third-order valence-corrected chi connectivity index (χ3v) is 3.76. The van der Waals surface area contributed by atoms with Crippen LogP contribution in [-0.2, 0) is 11.3 Å². The lowest BCUT2D eigenvalue weighted by molar-refractivity contribution is 0.0339. The summed E-state index contributed by atoms with van der Waals surface area (Å²) in [6.45, 7) is 4.44. The third-order valence-electron chi connectivity index (χ3n) is 3.76. The minimum Gasteiger partial charge on any atom is -0.497 e. The maximum absolute atomic E-state index is 6.04. The van der Waals surface area contributed by atoms with Gasteiger partial charge in [0.2, 0.25) is 0 Å². The van der Waals surface area contributed by atoms with Crippen LogP contribution in [0.1, 0.15) is 5.56 Å². The number of hydrogen-bond acceptors (Lipinski definition) is 4. The fourth-order valence-corrected chi connectivity index (χ4v) is 2.50. The van der Waals surface area contributed by atoms with Crippen molar-refractivity contribution in [2.75, 3.05) is 33.4 Å². The fraction of sp³-hybridized carbons (Fsp3) is 0.333. The highest BCUT2D eigenvalue weighted by Crippen LogP contribution is 2.27. The second-order valence-corrected chi connectivity index (χ2v) is 5.27. The van der Waals surface area contributed by atoms with Crippen LogP contribution in [-0.4, -0.2) is 38.3 Å². The second-order valence-electron chi connectivity index (χ2n) is 5.27. The Hall–Kier alpha value is -2.04. The predicted molar refractivity (Wildman–Crippen MR) is 85.6 cm³/mol. The standard InChI is InChI=1S/C18H21NO3/c1-20-16-6-8-17(9-7-16)22-18-5-3-2-4-15(18)14-19-10-12-21-13-11-19/h2-9H,10-14H2,1H3. The molecule has 1 heterocycles. The molecule has 0 saturated carbocycles. The van der Waals surface area contributed by atoms with Crippen LogP contribution < -0.4 is 9.47 Å². The Morgan fingerprint density at radius 2 is 1.64 bits per heavy atom. The van der Waals surface area contributed by atoms with E-state index in [0.29, 0.717) is 0 Å². The van der Waals surface area contributed by atoms with Crippen LogP contribution in [0.3, 0.4) is 0 Å². The first kappa shape index (κ1) is 14.9. The summed E-state index contributed by atoms with van der Waals surface area (Å²) < 4.78 is 16.6. The largest absolute Gasteiger partial charge is 0.497 e. The molecule has 1 saturated heterocycles. The number of para-hydroxylation sites is 1. The van der Waals surface area contributed by atoms with Gasteiger partial charge in [-0.15, -0.1) is 0 Å². The molecular weight excluding hydrogens is 278 g/mol. The van der Waals surface area contributed by atoms with Gasteiger partial charge in [0.25, 0.3) is 0 Å². The summed E-state index contributed by atoms with van der Waals surface area (Å²) in [6.07, 6.45) is 0. The summed E-state index contributed by atoms with van der Waals surface area (Å²) in [5, 5.41) is 0. The minimum absolute atomic E-state index is 0.807. The maximum Gasteiger partial charge on any atom is 0.131 e. The predicted octanol–water partition coefficient (Wildman–Crippen LogP) is 3.32. The van der Waals surface area contributed by atoms with Gasteiger partial charge in [-0.3, -0.25) is 4.90 Å². The van der Waals surface area contributed by atoms with Gasteiger partial charge in [-0.05, 0) is 30.3 Å². The van der Waals surface area contributed by atoms with Crippen LogP contribution in [0.2, 0.25) is 0 Å². The van der Waals surface area contributed by atoms with Crippen molar-refractivity contribution >= 4 is 0 Å². The molecule has 2 aromatic rings. The van der Waals surface area contributed by atoms with Crippen molar-refractivity contribution in [3.8, 4) is 17.2 Å². The molecule has 1 aliphatic rings. The molecule has 4 nitrogen and oxygen atoms in total. The highest BCUT2D eigenvalue weighted by atomic mass is 16.5. The summed E-state index contributed by atoms with van der Waals surface area (Å²) in [5.74, 6) is 2.54. The SMILES string of the molecule is COc1ccc(Oc2ccccc2CN2CCOCC2)cc1. The first-order valence-electron chi connectivity index (χ1n) is 7.55. The number of nitrogens with zero attached hydrogens (tertiary/aromatic N) is 1. The Kier molecular flexibility index (Phi) is 4.93. The molecule has 2 aromatic carbocycles. The lowest BCUT2D eigenvalue weighted by atomic mass is 10.2. The minimum atomic E-state index is 0.807. The van der Waals surface area contributed by atoms with Gasteiger partial charge in [0.05, 0.1) is 20.3 Å². The van der Waals surface area contributed by atoms with Crippen molar-refractivity contribution in [3.63, 3.8) is 0 Å². The monoisotopic (exact) mass is 299 g/mol. The summed E-state index contributed by atoms with van der Waals surface area (Å²) in [5.41, 5.74) is 1.19. The van der Waals surface area contributed by atoms with Crippen LogP contribution in [0.5, 0.6) is 17.2 Å². The van der Waals surface area contributed by atoms with E-state index in [1.807, 2.05) is 36.4 Å². The van der Waals surface area contributed by atoms with Crippen molar-refractivity contribution < 1.29 is 14.2 Å². The van der Waals surface area contributed by atoms with E-state index in [4.69, 9.17) is 14.2 Å². The average Bonchev–Trinajstić information content (AvgIpc) is 2.58. The number of morpholine rings is 1. The van der Waals surface area contributed by atoms with Gasteiger partial charge in [0.15, 0.2) is 0 Å². The molecule has 0 aromatic heterocycles. The number of methoxy groups -OCH3 is 1. The van der Waals surface area contributed by atoms with Crippen LogP contribution in [0.4, 0.5) is 0 Å². The van der Waals surface area contributed by atoms with Crippen LogP contribution in [0, 0.1) is 0 Å². The van der Waals surface area contributed by atoms with E-state index in [2.05, 4.69) is 17.0 Å². The number of rotatable bonds is 5. The van der Waals surface area contributed by atoms with Crippen molar-refractivity contribution in [3.05, 3.63) is 54.1 Å². The van der Waals surface area contributed by atoms with Gasteiger partial charge in [0, 0.05) is 25.2 Å². The van der Waals surface area contributed by atoms with Crippen LogP contribution >= 0.6 is 0 Å². The molecule has 0 amide bonds. The van der Waals surface area contributed by atoms with Crippen LogP contribution in [0.25, 0.3) is 0 Å².